The standard InChI is InChI=1S/C25H30N4O3S/c1-25(2,3)18-12-10-17(11-13-18)23-26-27-24(29(23)5)33-16-22(30)28(4)14-19-15-31-20-8-6-7-9-21(20)32-19/h6-13,19H,14-16H2,1-5H3. The van der Waals surface area contributed by atoms with E-state index in [1.807, 2.05) is 35.9 Å². The van der Waals surface area contributed by atoms with Crippen molar-refractivity contribution in [3.8, 4) is 22.9 Å². The molecule has 174 valence electrons. The van der Waals surface area contributed by atoms with Gasteiger partial charge in [-0.15, -0.1) is 10.2 Å². The fourth-order valence-corrected chi connectivity index (χ4v) is 4.46. The molecule has 0 spiro atoms. The van der Waals surface area contributed by atoms with Gasteiger partial charge in [0.15, 0.2) is 28.6 Å². The van der Waals surface area contributed by atoms with Gasteiger partial charge in [-0.2, -0.15) is 0 Å². The summed E-state index contributed by atoms with van der Waals surface area (Å²) in [6.45, 7) is 7.46. The summed E-state index contributed by atoms with van der Waals surface area (Å²) >= 11 is 1.38. The Hall–Kier alpha value is -3.00. The summed E-state index contributed by atoms with van der Waals surface area (Å²) in [4.78, 5) is 14.4. The van der Waals surface area contributed by atoms with E-state index >= 15 is 0 Å². The zero-order chi connectivity index (χ0) is 23.6. The predicted molar refractivity (Wildman–Crippen MR) is 130 cm³/mol. The number of rotatable bonds is 6. The number of nitrogens with zero attached hydrogens (tertiary/aromatic N) is 4. The minimum Gasteiger partial charge on any atom is -0.486 e. The monoisotopic (exact) mass is 466 g/mol. The number of carbonyl (C=O) groups is 1. The number of para-hydroxylation sites is 2. The Labute approximate surface area is 199 Å². The molecule has 2 aromatic carbocycles. The molecule has 0 saturated heterocycles. The normalized spacial score (nSPS) is 15.4. The Morgan fingerprint density at radius 3 is 2.52 bits per heavy atom. The first kappa shape index (κ1) is 23.2. The van der Waals surface area contributed by atoms with Gasteiger partial charge in [0.05, 0.1) is 12.3 Å². The molecular weight excluding hydrogens is 436 g/mol. The third kappa shape index (κ3) is 5.33. The molecule has 0 fully saturated rings. The quantitative estimate of drug-likeness (QED) is 0.508. The lowest BCUT2D eigenvalue weighted by Gasteiger charge is -2.29. The molecule has 3 aromatic rings. The molecule has 1 unspecified atom stereocenters. The van der Waals surface area contributed by atoms with Gasteiger partial charge in [-0.05, 0) is 23.1 Å². The molecule has 1 aromatic heterocycles. The Balaban J connectivity index is 1.33. The van der Waals surface area contributed by atoms with Crippen LogP contribution in [-0.4, -0.2) is 57.6 Å². The summed E-state index contributed by atoms with van der Waals surface area (Å²) in [7, 11) is 3.71. The molecule has 2 heterocycles. The highest BCUT2D eigenvalue weighted by molar-refractivity contribution is 7.99. The number of ether oxygens (including phenoxy) is 2. The second-order valence-electron chi connectivity index (χ2n) is 9.25. The molecule has 1 atom stereocenters. The smallest absolute Gasteiger partial charge is 0.232 e. The number of likely N-dealkylation sites (N-methyl/N-ethyl adjacent to an activating group) is 1. The number of hydrogen-bond acceptors (Lipinski definition) is 6. The molecule has 1 aliphatic heterocycles. The Bertz CT molecular complexity index is 1120. The third-order valence-corrected chi connectivity index (χ3v) is 6.64. The first-order chi connectivity index (χ1) is 15.7. The topological polar surface area (TPSA) is 69.5 Å². The van der Waals surface area contributed by atoms with E-state index in [2.05, 4.69) is 55.2 Å². The summed E-state index contributed by atoms with van der Waals surface area (Å²) in [5.41, 5.74) is 2.37. The number of hydrogen-bond donors (Lipinski definition) is 0. The summed E-state index contributed by atoms with van der Waals surface area (Å²) < 4.78 is 13.6. The van der Waals surface area contributed by atoms with E-state index in [1.165, 1.54) is 17.3 Å². The molecule has 7 nitrogen and oxygen atoms in total. The van der Waals surface area contributed by atoms with Crippen LogP contribution in [0.2, 0.25) is 0 Å². The van der Waals surface area contributed by atoms with Gasteiger partial charge in [0.25, 0.3) is 0 Å². The van der Waals surface area contributed by atoms with Gasteiger partial charge >= 0.3 is 0 Å². The van der Waals surface area contributed by atoms with Crippen LogP contribution in [0.5, 0.6) is 11.5 Å². The number of thioether (sulfide) groups is 1. The van der Waals surface area contributed by atoms with Gasteiger partial charge < -0.3 is 18.9 Å². The lowest BCUT2D eigenvalue weighted by molar-refractivity contribution is -0.128. The average Bonchev–Trinajstić information content (AvgIpc) is 3.17. The molecule has 4 rings (SSSR count). The van der Waals surface area contributed by atoms with E-state index in [0.717, 1.165) is 17.1 Å². The molecule has 8 heteroatoms. The van der Waals surface area contributed by atoms with Crippen molar-refractivity contribution in [1.82, 2.24) is 19.7 Å². The average molecular weight is 467 g/mol. The first-order valence-electron chi connectivity index (χ1n) is 11.0. The van der Waals surface area contributed by atoms with Crippen LogP contribution in [-0.2, 0) is 17.3 Å². The van der Waals surface area contributed by atoms with E-state index in [1.54, 1.807) is 11.9 Å². The van der Waals surface area contributed by atoms with Crippen LogP contribution in [0.4, 0.5) is 0 Å². The molecule has 0 bridgehead atoms. The fourth-order valence-electron chi connectivity index (χ4n) is 3.61. The first-order valence-corrected chi connectivity index (χ1v) is 12.0. The number of amides is 1. The van der Waals surface area contributed by atoms with E-state index in [4.69, 9.17) is 9.47 Å². The van der Waals surface area contributed by atoms with Gasteiger partial charge in [0, 0.05) is 19.7 Å². The summed E-state index contributed by atoms with van der Waals surface area (Å²) in [6, 6.07) is 16.0. The van der Waals surface area contributed by atoms with Crippen LogP contribution in [0.3, 0.4) is 0 Å². The van der Waals surface area contributed by atoms with E-state index in [0.29, 0.717) is 24.1 Å². The largest absolute Gasteiger partial charge is 0.486 e. The molecular formula is C25H30N4O3S. The minimum absolute atomic E-state index is 0.00142. The minimum atomic E-state index is -0.198. The van der Waals surface area contributed by atoms with Crippen molar-refractivity contribution in [3.63, 3.8) is 0 Å². The van der Waals surface area contributed by atoms with Gasteiger partial charge in [-0.3, -0.25) is 4.79 Å². The maximum Gasteiger partial charge on any atom is 0.232 e. The molecule has 0 saturated carbocycles. The second-order valence-corrected chi connectivity index (χ2v) is 10.2. The van der Waals surface area contributed by atoms with Gasteiger partial charge in [-0.1, -0.05) is 68.9 Å². The fraction of sp³-hybridized carbons (Fsp3) is 0.400. The molecule has 1 amide bonds. The number of fused-ring (bicyclic) bond motifs is 1. The Morgan fingerprint density at radius 2 is 1.82 bits per heavy atom. The van der Waals surface area contributed by atoms with Crippen molar-refractivity contribution in [1.29, 1.82) is 0 Å². The molecule has 33 heavy (non-hydrogen) atoms. The zero-order valence-corrected chi connectivity index (χ0v) is 20.6. The Morgan fingerprint density at radius 1 is 1.12 bits per heavy atom. The van der Waals surface area contributed by atoms with Crippen LogP contribution < -0.4 is 9.47 Å². The maximum absolute atomic E-state index is 12.7. The zero-order valence-electron chi connectivity index (χ0n) is 19.7. The van der Waals surface area contributed by atoms with Crippen LogP contribution in [0, 0.1) is 0 Å². The van der Waals surface area contributed by atoms with E-state index in [9.17, 15) is 4.79 Å². The van der Waals surface area contributed by atoms with Crippen molar-refractivity contribution in [3.05, 3.63) is 54.1 Å². The molecule has 0 radical (unpaired) electrons. The van der Waals surface area contributed by atoms with Crippen molar-refractivity contribution in [2.75, 3.05) is 26.0 Å². The molecule has 0 aliphatic carbocycles. The van der Waals surface area contributed by atoms with Crippen molar-refractivity contribution in [2.45, 2.75) is 37.4 Å². The predicted octanol–water partition coefficient (Wildman–Crippen LogP) is 4.17. The lowest BCUT2D eigenvalue weighted by Crippen LogP contribution is -2.42. The molecule has 1 aliphatic rings. The second kappa shape index (κ2) is 9.47. The number of aromatic nitrogens is 3. The van der Waals surface area contributed by atoms with Gasteiger partial charge in [0.1, 0.15) is 6.61 Å². The van der Waals surface area contributed by atoms with E-state index in [-0.39, 0.29) is 23.2 Å². The van der Waals surface area contributed by atoms with Gasteiger partial charge in [-0.25, -0.2) is 0 Å². The highest BCUT2D eigenvalue weighted by atomic mass is 32.2. The van der Waals surface area contributed by atoms with Crippen molar-refractivity contribution < 1.29 is 14.3 Å². The van der Waals surface area contributed by atoms with E-state index < -0.39 is 0 Å². The van der Waals surface area contributed by atoms with Crippen molar-refractivity contribution in [2.24, 2.45) is 7.05 Å². The Kier molecular flexibility index (Phi) is 6.65. The van der Waals surface area contributed by atoms with Crippen LogP contribution in [0.1, 0.15) is 26.3 Å². The summed E-state index contributed by atoms with van der Waals surface area (Å²) in [5.74, 6) is 2.51. The van der Waals surface area contributed by atoms with Crippen LogP contribution in [0.25, 0.3) is 11.4 Å². The summed E-state index contributed by atoms with van der Waals surface area (Å²) in [5, 5.41) is 9.35. The maximum atomic E-state index is 12.7. The highest BCUT2D eigenvalue weighted by Crippen LogP contribution is 2.31. The number of carbonyl (C=O) groups excluding carboxylic acids is 1. The van der Waals surface area contributed by atoms with Crippen LogP contribution >= 0.6 is 11.8 Å². The third-order valence-electron chi connectivity index (χ3n) is 5.64. The molecule has 0 N–H and O–H groups in total. The van der Waals surface area contributed by atoms with Crippen LogP contribution in [0.15, 0.2) is 53.7 Å². The lowest BCUT2D eigenvalue weighted by atomic mass is 9.87. The summed E-state index contributed by atoms with van der Waals surface area (Å²) in [6.07, 6.45) is -0.198. The highest BCUT2D eigenvalue weighted by Gasteiger charge is 2.24. The van der Waals surface area contributed by atoms with Gasteiger partial charge in [0.2, 0.25) is 5.91 Å². The SMILES string of the molecule is CN(CC1COc2ccccc2O1)C(=O)CSc1nnc(-c2ccc(C(C)(C)C)cc2)n1C. The van der Waals surface area contributed by atoms with Crippen molar-refractivity contribution >= 4 is 17.7 Å². The number of benzene rings is 2.